The first kappa shape index (κ1) is 23.6. The highest BCUT2D eigenvalue weighted by molar-refractivity contribution is 5.98. The molecule has 9 heteroatoms. The van der Waals surface area contributed by atoms with E-state index in [4.69, 9.17) is 19.9 Å². The molecule has 172 valence electrons. The van der Waals surface area contributed by atoms with Gasteiger partial charge in [-0.1, -0.05) is 12.1 Å². The van der Waals surface area contributed by atoms with Gasteiger partial charge in [-0.3, -0.25) is 9.59 Å². The minimum atomic E-state index is -0.351. The van der Waals surface area contributed by atoms with Crippen LogP contribution in [0.4, 0.5) is 0 Å². The predicted molar refractivity (Wildman–Crippen MR) is 119 cm³/mol. The summed E-state index contributed by atoms with van der Waals surface area (Å²) in [4.78, 5) is 29.4. The van der Waals surface area contributed by atoms with E-state index in [1.54, 1.807) is 13.2 Å². The summed E-state index contributed by atoms with van der Waals surface area (Å²) in [6.07, 6.45) is 1.52. The molecule has 2 aromatic rings. The summed E-state index contributed by atoms with van der Waals surface area (Å²) in [7, 11) is 3.13. The molecule has 1 saturated heterocycles. The second-order valence-corrected chi connectivity index (χ2v) is 7.59. The molecular formula is C23H30N4O5. The Morgan fingerprint density at radius 3 is 2.69 bits per heavy atom. The van der Waals surface area contributed by atoms with Crippen LogP contribution in [0.2, 0.25) is 0 Å². The topological polar surface area (TPSA) is 125 Å². The zero-order chi connectivity index (χ0) is 22.9. The number of aromatic nitrogens is 1. The van der Waals surface area contributed by atoms with Crippen LogP contribution >= 0.6 is 0 Å². The average Bonchev–Trinajstić information content (AvgIpc) is 2.82. The Morgan fingerprint density at radius 2 is 1.97 bits per heavy atom. The van der Waals surface area contributed by atoms with E-state index in [9.17, 15) is 9.59 Å². The van der Waals surface area contributed by atoms with Crippen molar-refractivity contribution in [3.8, 4) is 5.75 Å². The van der Waals surface area contributed by atoms with E-state index in [1.165, 1.54) is 13.1 Å². The number of nitrogens with one attached hydrogen (secondary N) is 2. The third kappa shape index (κ3) is 6.74. The van der Waals surface area contributed by atoms with E-state index in [-0.39, 0.29) is 29.8 Å². The number of carbonyl (C=O) groups excluding carboxylic acids is 2. The highest BCUT2D eigenvalue weighted by Gasteiger charge is 2.19. The largest absolute Gasteiger partial charge is 0.497 e. The molecule has 0 radical (unpaired) electrons. The number of benzene rings is 1. The van der Waals surface area contributed by atoms with Gasteiger partial charge in [-0.15, -0.1) is 0 Å². The van der Waals surface area contributed by atoms with E-state index >= 15 is 0 Å². The third-order valence-electron chi connectivity index (χ3n) is 5.01. The van der Waals surface area contributed by atoms with Crippen LogP contribution in [0.1, 0.15) is 44.9 Å². The van der Waals surface area contributed by atoms with Crippen molar-refractivity contribution in [1.29, 1.82) is 0 Å². The number of hydrogen-bond donors (Lipinski definition) is 3. The first-order chi connectivity index (χ1) is 15.5. The molecule has 1 aromatic carbocycles. The van der Waals surface area contributed by atoms with Gasteiger partial charge in [-0.25, -0.2) is 4.98 Å². The van der Waals surface area contributed by atoms with E-state index < -0.39 is 0 Å². The number of ether oxygens (including phenoxy) is 3. The van der Waals surface area contributed by atoms with Gasteiger partial charge in [0, 0.05) is 37.7 Å². The van der Waals surface area contributed by atoms with Gasteiger partial charge in [0.05, 0.1) is 26.4 Å². The number of rotatable bonds is 9. The molecule has 3 rings (SSSR count). The number of pyridine rings is 1. The Labute approximate surface area is 187 Å². The lowest BCUT2D eigenvalue weighted by Crippen LogP contribution is -2.41. The molecule has 0 spiro atoms. The third-order valence-corrected chi connectivity index (χ3v) is 5.01. The number of hydrogen-bond acceptors (Lipinski definition) is 7. The molecule has 1 aliphatic heterocycles. The monoisotopic (exact) mass is 442 g/mol. The average molecular weight is 443 g/mol. The van der Waals surface area contributed by atoms with Crippen LogP contribution in [0.25, 0.3) is 0 Å². The highest BCUT2D eigenvalue weighted by atomic mass is 16.7. The second-order valence-electron chi connectivity index (χ2n) is 7.59. The molecule has 9 nitrogen and oxygen atoms in total. The maximum absolute atomic E-state index is 12.7. The lowest BCUT2D eigenvalue weighted by molar-refractivity contribution is -0.188. The van der Waals surface area contributed by atoms with Gasteiger partial charge >= 0.3 is 0 Å². The van der Waals surface area contributed by atoms with Crippen molar-refractivity contribution in [3.05, 3.63) is 58.9 Å². The van der Waals surface area contributed by atoms with Crippen molar-refractivity contribution in [3.63, 3.8) is 0 Å². The number of nitrogens with two attached hydrogens (primary N) is 1. The summed E-state index contributed by atoms with van der Waals surface area (Å²) < 4.78 is 16.3. The molecule has 1 fully saturated rings. The Balaban J connectivity index is 1.64. The predicted octanol–water partition coefficient (Wildman–Crippen LogP) is 1.25. The second kappa shape index (κ2) is 11.6. The van der Waals surface area contributed by atoms with Crippen LogP contribution in [-0.2, 0) is 15.9 Å². The zero-order valence-corrected chi connectivity index (χ0v) is 18.4. The highest BCUT2D eigenvalue weighted by Crippen LogP contribution is 2.17. The Kier molecular flexibility index (Phi) is 8.55. The molecule has 2 amide bonds. The summed E-state index contributed by atoms with van der Waals surface area (Å²) in [5, 5.41) is 5.45. The SMILES string of the molecule is CNC(=O)c1cc(C(=O)NCCC[C@H]2OC[C@H](N)CO2)cc(Cc2cccc(OC)c2)n1. The van der Waals surface area contributed by atoms with Crippen LogP contribution < -0.4 is 21.1 Å². The first-order valence-corrected chi connectivity index (χ1v) is 10.6. The van der Waals surface area contributed by atoms with Gasteiger partial charge in [0.25, 0.3) is 11.8 Å². The molecular weight excluding hydrogens is 412 g/mol. The van der Waals surface area contributed by atoms with Crippen LogP contribution in [-0.4, -0.2) is 63.0 Å². The van der Waals surface area contributed by atoms with E-state index in [0.29, 0.717) is 50.3 Å². The van der Waals surface area contributed by atoms with Crippen molar-refractivity contribution in [2.24, 2.45) is 5.73 Å². The maximum atomic E-state index is 12.7. The summed E-state index contributed by atoms with van der Waals surface area (Å²) in [6.45, 7) is 1.41. The fourth-order valence-electron chi connectivity index (χ4n) is 3.34. The van der Waals surface area contributed by atoms with Gasteiger partial charge in [0.2, 0.25) is 0 Å². The van der Waals surface area contributed by atoms with Crippen molar-refractivity contribution < 1.29 is 23.8 Å². The Morgan fingerprint density at radius 1 is 1.19 bits per heavy atom. The Hall–Kier alpha value is -3.01. The van der Waals surface area contributed by atoms with E-state index in [1.807, 2.05) is 24.3 Å². The molecule has 2 heterocycles. The molecule has 1 aromatic heterocycles. The normalized spacial score (nSPS) is 18.1. The van der Waals surface area contributed by atoms with Gasteiger partial charge in [0.15, 0.2) is 6.29 Å². The van der Waals surface area contributed by atoms with Gasteiger partial charge in [0.1, 0.15) is 11.4 Å². The molecule has 0 saturated carbocycles. The fraction of sp³-hybridized carbons (Fsp3) is 0.435. The molecule has 0 atom stereocenters. The minimum Gasteiger partial charge on any atom is -0.497 e. The first-order valence-electron chi connectivity index (χ1n) is 10.6. The van der Waals surface area contributed by atoms with Gasteiger partial charge in [-0.05, 0) is 36.2 Å². The van der Waals surface area contributed by atoms with Crippen molar-refractivity contribution in [2.75, 3.05) is 33.9 Å². The lowest BCUT2D eigenvalue weighted by Gasteiger charge is -2.27. The van der Waals surface area contributed by atoms with Crippen LogP contribution in [0.5, 0.6) is 5.75 Å². The zero-order valence-electron chi connectivity index (χ0n) is 18.4. The summed E-state index contributed by atoms with van der Waals surface area (Å²) in [6, 6.07) is 10.7. The molecule has 4 N–H and O–H groups in total. The summed E-state index contributed by atoms with van der Waals surface area (Å²) in [5.41, 5.74) is 7.88. The maximum Gasteiger partial charge on any atom is 0.269 e. The molecule has 0 aliphatic carbocycles. The van der Waals surface area contributed by atoms with Crippen LogP contribution in [0, 0.1) is 0 Å². The number of amides is 2. The number of nitrogens with zero attached hydrogens (tertiary/aromatic N) is 1. The molecule has 0 unspecified atom stereocenters. The summed E-state index contributed by atoms with van der Waals surface area (Å²) in [5.74, 6) is 0.115. The van der Waals surface area contributed by atoms with E-state index in [0.717, 1.165) is 11.3 Å². The minimum absolute atomic E-state index is 0.0849. The quantitative estimate of drug-likeness (QED) is 0.499. The fourth-order valence-corrected chi connectivity index (χ4v) is 3.34. The van der Waals surface area contributed by atoms with Crippen molar-refractivity contribution in [1.82, 2.24) is 15.6 Å². The van der Waals surface area contributed by atoms with Crippen LogP contribution in [0.3, 0.4) is 0 Å². The van der Waals surface area contributed by atoms with Gasteiger partial charge in [-0.2, -0.15) is 0 Å². The van der Waals surface area contributed by atoms with E-state index in [2.05, 4.69) is 15.6 Å². The smallest absolute Gasteiger partial charge is 0.269 e. The van der Waals surface area contributed by atoms with Gasteiger partial charge < -0.3 is 30.6 Å². The van der Waals surface area contributed by atoms with Crippen LogP contribution in [0.15, 0.2) is 36.4 Å². The lowest BCUT2D eigenvalue weighted by atomic mass is 10.1. The van der Waals surface area contributed by atoms with Crippen molar-refractivity contribution in [2.45, 2.75) is 31.6 Å². The molecule has 32 heavy (non-hydrogen) atoms. The summed E-state index contributed by atoms with van der Waals surface area (Å²) >= 11 is 0. The van der Waals surface area contributed by atoms with Crippen molar-refractivity contribution >= 4 is 11.8 Å². The molecule has 1 aliphatic rings. The number of carbonyl (C=O) groups is 2. The number of methoxy groups -OCH3 is 1. The Bertz CT molecular complexity index is 928. The standard InChI is InChI=1S/C23H30N4O5/c1-25-23(29)20-12-16(11-18(27-20)9-15-5-3-6-19(10-15)30-2)22(28)26-8-4-7-21-31-13-17(24)14-32-21/h3,5-6,10-12,17,21H,4,7-9,13-14,24H2,1-2H3,(H,25,29)(H,26,28)/t17-,21-. The molecule has 0 bridgehead atoms.